The molecule has 0 aliphatic rings. The fourth-order valence-corrected chi connectivity index (χ4v) is 2.01. The Bertz CT molecular complexity index is 791. The van der Waals surface area contributed by atoms with Gasteiger partial charge in [0.15, 0.2) is 0 Å². The summed E-state index contributed by atoms with van der Waals surface area (Å²) in [6.07, 6.45) is 3.42. The van der Waals surface area contributed by atoms with Crippen LogP contribution in [-0.2, 0) is 11.2 Å². The van der Waals surface area contributed by atoms with Gasteiger partial charge >= 0.3 is 0 Å². The first-order chi connectivity index (χ1) is 10.7. The molecular formula is C15H14N6O. The number of para-hydroxylation sites is 2. The number of carbonyl (C=O) groups excluding carboxylic acids is 1. The second-order valence-electron chi connectivity index (χ2n) is 4.66. The summed E-state index contributed by atoms with van der Waals surface area (Å²) in [5.41, 5.74) is 8.19. The monoisotopic (exact) mass is 294 g/mol. The highest BCUT2D eigenvalue weighted by Crippen LogP contribution is 2.12. The van der Waals surface area contributed by atoms with Crippen LogP contribution in [0.25, 0.3) is 11.0 Å². The van der Waals surface area contributed by atoms with Crippen LogP contribution in [0.3, 0.4) is 0 Å². The molecule has 3 aromatic rings. The molecule has 4 N–H and O–H groups in total. The Hall–Kier alpha value is -3.22. The van der Waals surface area contributed by atoms with Gasteiger partial charge in [0.05, 0.1) is 17.5 Å². The number of hydrogen-bond donors (Lipinski definition) is 3. The molecule has 0 unspecified atom stereocenters. The van der Waals surface area contributed by atoms with Gasteiger partial charge in [-0.25, -0.2) is 4.98 Å². The van der Waals surface area contributed by atoms with Gasteiger partial charge in [-0.1, -0.05) is 18.2 Å². The number of aliphatic imine (C=N–C) groups is 1. The Morgan fingerprint density at radius 1 is 1.27 bits per heavy atom. The van der Waals surface area contributed by atoms with Gasteiger partial charge in [-0.15, -0.1) is 0 Å². The number of guanidine groups is 1. The second kappa shape index (κ2) is 6.04. The number of pyridine rings is 1. The van der Waals surface area contributed by atoms with Crippen LogP contribution in [-0.4, -0.2) is 26.8 Å². The van der Waals surface area contributed by atoms with E-state index in [1.54, 1.807) is 18.5 Å². The van der Waals surface area contributed by atoms with Crippen molar-refractivity contribution in [2.75, 3.05) is 5.32 Å². The zero-order valence-corrected chi connectivity index (χ0v) is 11.7. The minimum absolute atomic E-state index is 0.00653. The number of rotatable bonds is 3. The highest BCUT2D eigenvalue weighted by atomic mass is 16.1. The van der Waals surface area contributed by atoms with Crippen molar-refractivity contribution in [2.24, 2.45) is 10.7 Å². The fraction of sp³-hybridized carbons (Fsp3) is 0.0667. The third-order valence-corrected chi connectivity index (χ3v) is 2.96. The SMILES string of the molecule is NC(=NC(=O)Cc1cccnc1)Nc1nc2ccccc2[nH]1. The lowest BCUT2D eigenvalue weighted by molar-refractivity contribution is -0.117. The van der Waals surface area contributed by atoms with Crippen molar-refractivity contribution >= 4 is 28.8 Å². The van der Waals surface area contributed by atoms with Gasteiger partial charge in [-0.2, -0.15) is 4.99 Å². The molecule has 0 bridgehead atoms. The standard InChI is InChI=1S/C15H14N6O/c16-14(20-13(22)8-10-4-3-7-17-9-10)21-15-18-11-5-1-2-6-12(11)19-15/h1-7,9H,8H2,(H4,16,18,19,20,21,22). The zero-order chi connectivity index (χ0) is 15.4. The molecule has 7 heteroatoms. The first-order valence-corrected chi connectivity index (χ1v) is 6.68. The van der Waals surface area contributed by atoms with E-state index in [2.05, 4.69) is 25.3 Å². The molecule has 2 aromatic heterocycles. The maximum Gasteiger partial charge on any atom is 0.253 e. The van der Waals surface area contributed by atoms with E-state index < -0.39 is 0 Å². The van der Waals surface area contributed by atoms with Crippen LogP contribution in [0.2, 0.25) is 0 Å². The number of anilines is 1. The molecule has 0 atom stereocenters. The van der Waals surface area contributed by atoms with Crippen molar-refractivity contribution in [3.63, 3.8) is 0 Å². The van der Waals surface area contributed by atoms with E-state index >= 15 is 0 Å². The van der Waals surface area contributed by atoms with E-state index in [9.17, 15) is 4.79 Å². The lowest BCUT2D eigenvalue weighted by atomic mass is 10.2. The predicted molar refractivity (Wildman–Crippen MR) is 84.3 cm³/mol. The van der Waals surface area contributed by atoms with Gasteiger partial charge in [0.1, 0.15) is 0 Å². The van der Waals surface area contributed by atoms with Crippen molar-refractivity contribution in [2.45, 2.75) is 6.42 Å². The van der Waals surface area contributed by atoms with E-state index in [0.717, 1.165) is 16.6 Å². The Labute approximate surface area is 126 Å². The van der Waals surface area contributed by atoms with Gasteiger partial charge < -0.3 is 10.7 Å². The fourth-order valence-electron chi connectivity index (χ4n) is 2.01. The average molecular weight is 294 g/mol. The van der Waals surface area contributed by atoms with Gasteiger partial charge in [-0.05, 0) is 23.8 Å². The second-order valence-corrected chi connectivity index (χ2v) is 4.66. The van der Waals surface area contributed by atoms with E-state index in [1.807, 2.05) is 30.3 Å². The molecule has 1 amide bonds. The molecule has 7 nitrogen and oxygen atoms in total. The summed E-state index contributed by atoms with van der Waals surface area (Å²) in [5, 5.41) is 2.77. The maximum atomic E-state index is 11.8. The normalized spacial score (nSPS) is 11.5. The third kappa shape index (κ3) is 3.26. The van der Waals surface area contributed by atoms with Crippen molar-refractivity contribution in [3.8, 4) is 0 Å². The molecule has 0 fully saturated rings. The first-order valence-electron chi connectivity index (χ1n) is 6.68. The number of nitrogens with zero attached hydrogens (tertiary/aromatic N) is 3. The van der Waals surface area contributed by atoms with Crippen LogP contribution in [0.1, 0.15) is 5.56 Å². The van der Waals surface area contributed by atoms with Gasteiger partial charge in [0.25, 0.3) is 5.91 Å². The quantitative estimate of drug-likeness (QED) is 0.500. The molecular weight excluding hydrogens is 280 g/mol. The smallest absolute Gasteiger partial charge is 0.253 e. The average Bonchev–Trinajstić information content (AvgIpc) is 2.89. The number of aromatic amines is 1. The topological polar surface area (TPSA) is 109 Å². The molecule has 0 spiro atoms. The molecule has 22 heavy (non-hydrogen) atoms. The summed E-state index contributed by atoms with van der Waals surface area (Å²) in [6.45, 7) is 0. The zero-order valence-electron chi connectivity index (χ0n) is 11.7. The van der Waals surface area contributed by atoms with Crippen molar-refractivity contribution in [1.29, 1.82) is 0 Å². The summed E-state index contributed by atoms with van der Waals surface area (Å²) >= 11 is 0. The summed E-state index contributed by atoms with van der Waals surface area (Å²) in [7, 11) is 0. The Balaban J connectivity index is 1.67. The minimum atomic E-state index is -0.353. The van der Waals surface area contributed by atoms with Gasteiger partial charge in [0.2, 0.25) is 11.9 Å². The van der Waals surface area contributed by atoms with Crippen molar-refractivity contribution < 1.29 is 4.79 Å². The minimum Gasteiger partial charge on any atom is -0.369 e. The number of benzene rings is 1. The Kier molecular flexibility index (Phi) is 3.78. The number of fused-ring (bicyclic) bond motifs is 1. The van der Waals surface area contributed by atoms with Crippen LogP contribution in [0, 0.1) is 0 Å². The van der Waals surface area contributed by atoms with Crippen LogP contribution < -0.4 is 11.1 Å². The van der Waals surface area contributed by atoms with E-state index in [1.165, 1.54) is 0 Å². The van der Waals surface area contributed by atoms with Gasteiger partial charge in [0, 0.05) is 12.4 Å². The van der Waals surface area contributed by atoms with Crippen LogP contribution in [0.5, 0.6) is 0 Å². The number of nitrogens with two attached hydrogens (primary N) is 1. The number of amides is 1. The van der Waals surface area contributed by atoms with E-state index in [0.29, 0.717) is 5.95 Å². The van der Waals surface area contributed by atoms with Crippen molar-refractivity contribution in [3.05, 3.63) is 54.4 Å². The van der Waals surface area contributed by atoms with E-state index in [4.69, 9.17) is 5.73 Å². The molecule has 0 saturated carbocycles. The summed E-state index contributed by atoms with van der Waals surface area (Å²) < 4.78 is 0. The van der Waals surface area contributed by atoms with Crippen LogP contribution >= 0.6 is 0 Å². The molecule has 0 radical (unpaired) electrons. The van der Waals surface area contributed by atoms with Crippen LogP contribution in [0.15, 0.2) is 53.8 Å². The number of aromatic nitrogens is 3. The summed E-state index contributed by atoms with van der Waals surface area (Å²) in [4.78, 5) is 26.9. The lowest BCUT2D eigenvalue weighted by Gasteiger charge is -2.01. The third-order valence-electron chi connectivity index (χ3n) is 2.96. The number of H-pyrrole nitrogens is 1. The molecule has 1 aromatic carbocycles. The van der Waals surface area contributed by atoms with Crippen LogP contribution in [0.4, 0.5) is 5.95 Å². The highest BCUT2D eigenvalue weighted by Gasteiger charge is 2.06. The highest BCUT2D eigenvalue weighted by molar-refractivity contribution is 6.00. The predicted octanol–water partition coefficient (Wildman–Crippen LogP) is 1.45. The number of hydrogen-bond acceptors (Lipinski definition) is 3. The first kappa shape index (κ1) is 13.7. The molecule has 110 valence electrons. The molecule has 2 heterocycles. The van der Waals surface area contributed by atoms with Crippen molar-refractivity contribution in [1.82, 2.24) is 15.0 Å². The van der Waals surface area contributed by atoms with E-state index in [-0.39, 0.29) is 18.3 Å². The largest absolute Gasteiger partial charge is 0.369 e. The Morgan fingerprint density at radius 3 is 2.91 bits per heavy atom. The number of imidazole rings is 1. The number of nitrogens with one attached hydrogen (secondary N) is 2. The molecule has 3 rings (SSSR count). The maximum absolute atomic E-state index is 11.8. The molecule has 0 aliphatic heterocycles. The van der Waals surface area contributed by atoms with Gasteiger partial charge in [-0.3, -0.25) is 15.1 Å². The number of carbonyl (C=O) groups is 1. The summed E-state index contributed by atoms with van der Waals surface area (Å²) in [6, 6.07) is 11.1. The molecule has 0 aliphatic carbocycles. The Morgan fingerprint density at radius 2 is 2.14 bits per heavy atom. The lowest BCUT2D eigenvalue weighted by Crippen LogP contribution is -2.25. The summed E-state index contributed by atoms with van der Waals surface area (Å²) in [5.74, 6) is 0.0821. The molecule has 0 saturated heterocycles.